The van der Waals surface area contributed by atoms with Crippen molar-refractivity contribution in [3.8, 4) is 23.4 Å². The number of fused-ring (bicyclic) bond motifs is 1. The number of nitriles is 1. The summed E-state index contributed by atoms with van der Waals surface area (Å²) in [6.45, 7) is 0. The molecule has 2 heterocycles. The highest BCUT2D eigenvalue weighted by molar-refractivity contribution is 5.59. The summed E-state index contributed by atoms with van der Waals surface area (Å²) in [5.74, 6) is -0.440. The molecule has 0 bridgehead atoms. The zero-order chi connectivity index (χ0) is 18.1. The number of para-hydroxylation sites is 1. The quantitative estimate of drug-likeness (QED) is 0.727. The maximum absolute atomic E-state index is 12.4. The number of hydrogen-bond acceptors (Lipinski definition) is 7. The van der Waals surface area contributed by atoms with E-state index in [0.29, 0.717) is 17.1 Å². The summed E-state index contributed by atoms with van der Waals surface area (Å²) in [6, 6.07) is 7.01. The minimum absolute atomic E-state index is 0.0246. The van der Waals surface area contributed by atoms with Crippen LogP contribution in [0.2, 0.25) is 0 Å². The Hall–Kier alpha value is -3.67. The summed E-state index contributed by atoms with van der Waals surface area (Å²) < 4.78 is 15.9. The first kappa shape index (κ1) is 16.2. The van der Waals surface area contributed by atoms with Crippen LogP contribution in [0.25, 0.3) is 0 Å². The van der Waals surface area contributed by atoms with Crippen LogP contribution in [0.15, 0.2) is 39.2 Å². The normalized spacial score (nSPS) is 15.8. The van der Waals surface area contributed by atoms with Crippen LogP contribution >= 0.6 is 0 Å². The number of aromatic nitrogens is 2. The molecular weight excluding hydrogens is 328 g/mol. The molecule has 25 heavy (non-hydrogen) atoms. The van der Waals surface area contributed by atoms with Crippen molar-refractivity contribution in [3.05, 3.63) is 61.6 Å². The summed E-state index contributed by atoms with van der Waals surface area (Å²) in [4.78, 5) is 28.4. The molecule has 0 unspecified atom stereocenters. The Bertz CT molecular complexity index is 1030. The van der Waals surface area contributed by atoms with Crippen LogP contribution in [-0.2, 0) is 0 Å². The standard InChI is InChI=1S/C16H14N4O5/c1-23-9-5-3-4-7(12(9)24-2)10-8(6-17)13(18)25-15-11(10)14(21)19-16(22)20-15/h3-5,10H,18H2,1-2H3,(H2,19,20,21,22)/t10-/m0/s1. The van der Waals surface area contributed by atoms with Gasteiger partial charge in [0.15, 0.2) is 11.5 Å². The lowest BCUT2D eigenvalue weighted by molar-refractivity contribution is 0.347. The maximum Gasteiger partial charge on any atom is 0.328 e. The van der Waals surface area contributed by atoms with Crippen LogP contribution in [0.1, 0.15) is 17.0 Å². The summed E-state index contributed by atoms with van der Waals surface area (Å²) >= 11 is 0. The fourth-order valence-corrected chi connectivity index (χ4v) is 2.84. The van der Waals surface area contributed by atoms with Gasteiger partial charge < -0.3 is 19.9 Å². The topological polar surface area (TPSA) is 143 Å². The minimum Gasteiger partial charge on any atom is -0.493 e. The summed E-state index contributed by atoms with van der Waals surface area (Å²) in [7, 11) is 2.91. The van der Waals surface area contributed by atoms with Crippen molar-refractivity contribution in [1.82, 2.24) is 9.97 Å². The number of ether oxygens (including phenoxy) is 3. The number of benzene rings is 1. The minimum atomic E-state index is -0.889. The van der Waals surface area contributed by atoms with E-state index in [1.54, 1.807) is 18.2 Å². The number of allylic oxidation sites excluding steroid dienone is 1. The van der Waals surface area contributed by atoms with E-state index in [-0.39, 0.29) is 22.9 Å². The van der Waals surface area contributed by atoms with Crippen molar-refractivity contribution in [2.45, 2.75) is 5.92 Å². The number of H-pyrrole nitrogens is 2. The second-order valence-corrected chi connectivity index (χ2v) is 5.16. The van der Waals surface area contributed by atoms with Crippen molar-refractivity contribution in [2.24, 2.45) is 5.73 Å². The first-order valence-corrected chi connectivity index (χ1v) is 7.16. The lowest BCUT2D eigenvalue weighted by Gasteiger charge is -2.26. The molecule has 1 aromatic heterocycles. The molecule has 0 aliphatic carbocycles. The SMILES string of the molecule is COc1cccc([C@H]2C(C#N)=C(N)Oc3[nH]c(=O)[nH]c(=O)c32)c1OC. The van der Waals surface area contributed by atoms with E-state index >= 15 is 0 Å². The van der Waals surface area contributed by atoms with Crippen LogP contribution in [0.4, 0.5) is 0 Å². The third-order valence-electron chi connectivity index (χ3n) is 3.86. The van der Waals surface area contributed by atoms with Gasteiger partial charge in [0.2, 0.25) is 11.8 Å². The number of nitrogens with two attached hydrogens (primary N) is 1. The molecule has 0 amide bonds. The van der Waals surface area contributed by atoms with Crippen LogP contribution in [0.5, 0.6) is 17.4 Å². The van der Waals surface area contributed by atoms with Crippen LogP contribution in [-0.4, -0.2) is 24.2 Å². The summed E-state index contributed by atoms with van der Waals surface area (Å²) in [5.41, 5.74) is 4.95. The third-order valence-corrected chi connectivity index (χ3v) is 3.86. The van der Waals surface area contributed by atoms with Gasteiger partial charge in [0.05, 0.1) is 25.7 Å². The van der Waals surface area contributed by atoms with Crippen molar-refractivity contribution in [1.29, 1.82) is 5.26 Å². The third kappa shape index (κ3) is 2.49. The number of methoxy groups -OCH3 is 2. The molecule has 128 valence electrons. The Kier molecular flexibility index (Phi) is 3.94. The van der Waals surface area contributed by atoms with Gasteiger partial charge in [-0.2, -0.15) is 5.26 Å². The van der Waals surface area contributed by atoms with Gasteiger partial charge in [-0.1, -0.05) is 12.1 Å². The number of nitrogens with one attached hydrogen (secondary N) is 2. The molecule has 1 aliphatic rings. The van der Waals surface area contributed by atoms with Crippen molar-refractivity contribution >= 4 is 0 Å². The predicted octanol–water partition coefficient (Wildman–Crippen LogP) is 0.299. The van der Waals surface area contributed by atoms with E-state index < -0.39 is 17.2 Å². The molecule has 0 fully saturated rings. The van der Waals surface area contributed by atoms with Crippen molar-refractivity contribution in [3.63, 3.8) is 0 Å². The molecular formula is C16H14N4O5. The second kappa shape index (κ2) is 6.09. The first-order valence-electron chi connectivity index (χ1n) is 7.16. The average Bonchev–Trinajstić information content (AvgIpc) is 2.59. The van der Waals surface area contributed by atoms with Crippen molar-refractivity contribution in [2.75, 3.05) is 14.2 Å². The monoisotopic (exact) mass is 342 g/mol. The summed E-state index contributed by atoms with van der Waals surface area (Å²) in [5, 5.41) is 9.53. The average molecular weight is 342 g/mol. The van der Waals surface area contributed by atoms with Gasteiger partial charge in [-0.3, -0.25) is 14.8 Å². The van der Waals surface area contributed by atoms with Gasteiger partial charge in [0.1, 0.15) is 11.6 Å². The lowest BCUT2D eigenvalue weighted by atomic mass is 9.84. The molecule has 3 rings (SSSR count). The highest BCUT2D eigenvalue weighted by atomic mass is 16.5. The van der Waals surface area contributed by atoms with Gasteiger partial charge in [-0.05, 0) is 6.07 Å². The summed E-state index contributed by atoms with van der Waals surface area (Å²) in [6.07, 6.45) is 0. The Morgan fingerprint density at radius 2 is 2.00 bits per heavy atom. The van der Waals surface area contributed by atoms with E-state index in [1.165, 1.54) is 14.2 Å². The molecule has 4 N–H and O–H groups in total. The number of aromatic amines is 2. The molecule has 1 aliphatic heterocycles. The Morgan fingerprint density at radius 3 is 2.64 bits per heavy atom. The van der Waals surface area contributed by atoms with E-state index in [9.17, 15) is 14.9 Å². The van der Waals surface area contributed by atoms with E-state index in [0.717, 1.165) is 0 Å². The fourth-order valence-electron chi connectivity index (χ4n) is 2.84. The highest BCUT2D eigenvalue weighted by Crippen LogP contribution is 2.44. The fraction of sp³-hybridized carbons (Fsp3) is 0.188. The molecule has 0 saturated heterocycles. The molecule has 0 radical (unpaired) electrons. The zero-order valence-electron chi connectivity index (χ0n) is 13.4. The first-order chi connectivity index (χ1) is 12.0. The van der Waals surface area contributed by atoms with Gasteiger partial charge in [-0.15, -0.1) is 0 Å². The van der Waals surface area contributed by atoms with E-state index in [2.05, 4.69) is 9.97 Å². The van der Waals surface area contributed by atoms with Gasteiger partial charge in [0, 0.05) is 5.56 Å². The van der Waals surface area contributed by atoms with Crippen LogP contribution in [0.3, 0.4) is 0 Å². The smallest absolute Gasteiger partial charge is 0.328 e. The lowest BCUT2D eigenvalue weighted by Crippen LogP contribution is -2.33. The number of nitrogens with zero attached hydrogens (tertiary/aromatic N) is 1. The maximum atomic E-state index is 12.4. The molecule has 9 heteroatoms. The van der Waals surface area contributed by atoms with Gasteiger partial charge in [-0.25, -0.2) is 4.79 Å². The predicted molar refractivity (Wildman–Crippen MR) is 86.5 cm³/mol. The van der Waals surface area contributed by atoms with Gasteiger partial charge >= 0.3 is 5.69 Å². The highest BCUT2D eigenvalue weighted by Gasteiger charge is 2.36. The largest absolute Gasteiger partial charge is 0.493 e. The molecule has 0 spiro atoms. The van der Waals surface area contributed by atoms with Crippen molar-refractivity contribution < 1.29 is 14.2 Å². The van der Waals surface area contributed by atoms with E-state index in [1.807, 2.05) is 6.07 Å². The van der Waals surface area contributed by atoms with E-state index in [4.69, 9.17) is 19.9 Å². The van der Waals surface area contributed by atoms with Crippen LogP contribution < -0.4 is 31.2 Å². The second-order valence-electron chi connectivity index (χ2n) is 5.16. The molecule has 1 atom stereocenters. The Morgan fingerprint density at radius 1 is 1.24 bits per heavy atom. The number of rotatable bonds is 3. The van der Waals surface area contributed by atoms with Crippen LogP contribution in [0, 0.1) is 11.3 Å². The molecule has 2 aromatic rings. The van der Waals surface area contributed by atoms with Gasteiger partial charge in [0.25, 0.3) is 5.56 Å². The molecule has 1 aromatic carbocycles. The molecule has 9 nitrogen and oxygen atoms in total. The Labute approximate surface area is 141 Å². The number of hydrogen-bond donors (Lipinski definition) is 3. The Balaban J connectivity index is 2.38. The zero-order valence-corrected chi connectivity index (χ0v) is 13.4. The molecule has 0 saturated carbocycles.